The van der Waals surface area contributed by atoms with Crippen LogP contribution in [0.2, 0.25) is 0 Å². The lowest BCUT2D eigenvalue weighted by Crippen LogP contribution is -2.17. The van der Waals surface area contributed by atoms with E-state index in [1.165, 1.54) is 7.11 Å². The van der Waals surface area contributed by atoms with Crippen LogP contribution in [0, 0.1) is 0 Å². The second kappa shape index (κ2) is 4.57. The van der Waals surface area contributed by atoms with Crippen molar-refractivity contribution in [1.29, 1.82) is 0 Å². The largest absolute Gasteiger partial charge is 0.468 e. The first kappa shape index (κ1) is 9.67. The molecular weight excluding hydrogens is 170 g/mol. The van der Waals surface area contributed by atoms with E-state index in [-0.39, 0.29) is 6.61 Å². The van der Waals surface area contributed by atoms with Gasteiger partial charge in [0.25, 0.3) is 0 Å². The summed E-state index contributed by atoms with van der Waals surface area (Å²) in [5, 5.41) is 8.96. The summed E-state index contributed by atoms with van der Waals surface area (Å²) in [6.45, 7) is -0.253. The number of carbonyl (C=O) groups excluding carboxylic acids is 1. The third kappa shape index (κ3) is 2.26. The molecule has 1 N–H and O–H groups in total. The van der Waals surface area contributed by atoms with Crippen LogP contribution in [-0.4, -0.2) is 29.8 Å². The number of pyridine rings is 1. The van der Waals surface area contributed by atoms with E-state index in [4.69, 9.17) is 5.11 Å². The van der Waals surface area contributed by atoms with Crippen molar-refractivity contribution in [1.82, 2.24) is 4.98 Å². The maximum Gasteiger partial charge on any atom is 0.315 e. The number of carbonyl (C=O) groups is 1. The predicted molar refractivity (Wildman–Crippen MR) is 46.1 cm³/mol. The molecule has 0 bridgehead atoms. The number of methoxy groups -OCH3 is 1. The van der Waals surface area contributed by atoms with Gasteiger partial charge < -0.3 is 9.84 Å². The number of hydrogen-bond acceptors (Lipinski definition) is 4. The number of aliphatic hydroxyl groups is 1. The minimum atomic E-state index is -0.604. The van der Waals surface area contributed by atoms with Gasteiger partial charge >= 0.3 is 5.97 Å². The van der Waals surface area contributed by atoms with Crippen LogP contribution in [0.4, 0.5) is 0 Å². The average Bonchev–Trinajstić information content (AvgIpc) is 2.20. The molecule has 1 aromatic rings. The van der Waals surface area contributed by atoms with E-state index in [2.05, 4.69) is 9.72 Å². The fourth-order valence-corrected chi connectivity index (χ4v) is 1.05. The van der Waals surface area contributed by atoms with Gasteiger partial charge in [0.15, 0.2) is 0 Å². The van der Waals surface area contributed by atoms with Crippen LogP contribution in [0.5, 0.6) is 0 Å². The Labute approximate surface area is 76.2 Å². The number of ether oxygens (including phenoxy) is 1. The van der Waals surface area contributed by atoms with Crippen molar-refractivity contribution in [3.63, 3.8) is 0 Å². The van der Waals surface area contributed by atoms with Crippen molar-refractivity contribution in [2.75, 3.05) is 13.7 Å². The molecule has 13 heavy (non-hydrogen) atoms. The topological polar surface area (TPSA) is 59.4 Å². The average molecular weight is 181 g/mol. The summed E-state index contributed by atoms with van der Waals surface area (Å²) in [5.41, 5.74) is 0.712. The van der Waals surface area contributed by atoms with Gasteiger partial charge in [-0.1, -0.05) is 0 Å². The molecule has 4 heteroatoms. The molecule has 4 nitrogen and oxygen atoms in total. The zero-order chi connectivity index (χ0) is 9.68. The van der Waals surface area contributed by atoms with Crippen molar-refractivity contribution >= 4 is 5.97 Å². The van der Waals surface area contributed by atoms with Gasteiger partial charge in [0, 0.05) is 12.4 Å². The number of aromatic nitrogens is 1. The predicted octanol–water partition coefficient (Wildman–Crippen LogP) is 0.330. The molecule has 0 aliphatic heterocycles. The van der Waals surface area contributed by atoms with Crippen LogP contribution in [-0.2, 0) is 9.53 Å². The standard InChI is InChI=1S/C9H11NO3/c1-13-9(12)8(6-11)7-2-4-10-5-3-7/h2-5,8,11H,6H2,1H3. The van der Waals surface area contributed by atoms with E-state index >= 15 is 0 Å². The molecule has 0 aliphatic carbocycles. The van der Waals surface area contributed by atoms with Gasteiger partial charge in [-0.05, 0) is 17.7 Å². The van der Waals surface area contributed by atoms with Gasteiger partial charge in [-0.25, -0.2) is 0 Å². The Morgan fingerprint density at radius 1 is 1.62 bits per heavy atom. The van der Waals surface area contributed by atoms with Gasteiger partial charge in [0.1, 0.15) is 5.92 Å². The van der Waals surface area contributed by atoms with Crippen molar-refractivity contribution in [3.8, 4) is 0 Å². The lowest BCUT2D eigenvalue weighted by atomic mass is 10.0. The van der Waals surface area contributed by atoms with E-state index < -0.39 is 11.9 Å². The van der Waals surface area contributed by atoms with Gasteiger partial charge in [-0.3, -0.25) is 9.78 Å². The molecule has 0 fully saturated rings. The van der Waals surface area contributed by atoms with Crippen LogP contribution in [0.25, 0.3) is 0 Å². The zero-order valence-electron chi connectivity index (χ0n) is 7.30. The summed E-state index contributed by atoms with van der Waals surface area (Å²) in [4.78, 5) is 15.0. The van der Waals surface area contributed by atoms with Crippen molar-refractivity contribution in [2.24, 2.45) is 0 Å². The Kier molecular flexibility index (Phi) is 3.40. The number of nitrogens with zero attached hydrogens (tertiary/aromatic N) is 1. The van der Waals surface area contributed by atoms with Gasteiger partial charge in [-0.2, -0.15) is 0 Å². The Bertz CT molecular complexity index is 273. The lowest BCUT2D eigenvalue weighted by Gasteiger charge is -2.10. The van der Waals surface area contributed by atoms with Crippen molar-refractivity contribution in [3.05, 3.63) is 30.1 Å². The van der Waals surface area contributed by atoms with Crippen molar-refractivity contribution < 1.29 is 14.6 Å². The van der Waals surface area contributed by atoms with Crippen LogP contribution < -0.4 is 0 Å². The molecule has 0 aliphatic rings. The summed E-state index contributed by atoms with van der Waals surface area (Å²) >= 11 is 0. The molecule has 70 valence electrons. The third-order valence-corrected chi connectivity index (χ3v) is 1.78. The molecule has 0 radical (unpaired) electrons. The maximum absolute atomic E-state index is 11.1. The fourth-order valence-electron chi connectivity index (χ4n) is 1.05. The lowest BCUT2D eigenvalue weighted by molar-refractivity contribution is -0.143. The van der Waals surface area contributed by atoms with E-state index in [0.29, 0.717) is 5.56 Å². The Balaban J connectivity index is 2.85. The highest BCUT2D eigenvalue weighted by atomic mass is 16.5. The van der Waals surface area contributed by atoms with Crippen LogP contribution in [0.15, 0.2) is 24.5 Å². The second-order valence-corrected chi connectivity index (χ2v) is 2.54. The number of esters is 1. The molecule has 0 spiro atoms. The van der Waals surface area contributed by atoms with Crippen LogP contribution in [0.3, 0.4) is 0 Å². The fraction of sp³-hybridized carbons (Fsp3) is 0.333. The number of rotatable bonds is 3. The molecule has 0 amide bonds. The molecule has 1 aromatic heterocycles. The van der Waals surface area contributed by atoms with Gasteiger partial charge in [0.2, 0.25) is 0 Å². The van der Waals surface area contributed by atoms with E-state index in [1.807, 2.05) is 0 Å². The highest BCUT2D eigenvalue weighted by Crippen LogP contribution is 2.14. The first-order valence-corrected chi connectivity index (χ1v) is 3.88. The minimum Gasteiger partial charge on any atom is -0.468 e. The monoisotopic (exact) mass is 181 g/mol. The van der Waals surface area contributed by atoms with Gasteiger partial charge in [0.05, 0.1) is 13.7 Å². The first-order chi connectivity index (χ1) is 6.29. The molecule has 1 heterocycles. The molecule has 1 rings (SSSR count). The summed E-state index contributed by atoms with van der Waals surface area (Å²) in [7, 11) is 1.30. The minimum absolute atomic E-state index is 0.253. The molecule has 0 aromatic carbocycles. The highest BCUT2D eigenvalue weighted by Gasteiger charge is 2.19. The SMILES string of the molecule is COC(=O)C(CO)c1ccncc1. The molecule has 1 atom stereocenters. The maximum atomic E-state index is 11.1. The molecule has 1 unspecified atom stereocenters. The van der Waals surface area contributed by atoms with E-state index in [0.717, 1.165) is 0 Å². The second-order valence-electron chi connectivity index (χ2n) is 2.54. The zero-order valence-corrected chi connectivity index (χ0v) is 7.30. The Hall–Kier alpha value is -1.42. The van der Waals surface area contributed by atoms with E-state index in [1.54, 1.807) is 24.5 Å². The normalized spacial score (nSPS) is 12.2. The Morgan fingerprint density at radius 3 is 2.69 bits per heavy atom. The summed E-state index contributed by atoms with van der Waals surface area (Å²) in [6.07, 6.45) is 3.14. The summed E-state index contributed by atoms with van der Waals surface area (Å²) in [5.74, 6) is -1.04. The van der Waals surface area contributed by atoms with E-state index in [9.17, 15) is 4.79 Å². The quantitative estimate of drug-likeness (QED) is 0.683. The first-order valence-electron chi connectivity index (χ1n) is 3.88. The Morgan fingerprint density at radius 2 is 2.23 bits per heavy atom. The van der Waals surface area contributed by atoms with Crippen molar-refractivity contribution in [2.45, 2.75) is 5.92 Å². The third-order valence-electron chi connectivity index (χ3n) is 1.78. The van der Waals surface area contributed by atoms with Crippen LogP contribution in [0.1, 0.15) is 11.5 Å². The summed E-state index contributed by atoms with van der Waals surface area (Å²) in [6, 6.07) is 3.36. The smallest absolute Gasteiger partial charge is 0.315 e. The molecule has 0 saturated heterocycles. The summed E-state index contributed by atoms with van der Waals surface area (Å²) < 4.78 is 4.54. The molecule has 0 saturated carbocycles. The number of hydrogen-bond donors (Lipinski definition) is 1. The highest BCUT2D eigenvalue weighted by molar-refractivity contribution is 5.78. The van der Waals surface area contributed by atoms with Crippen LogP contribution >= 0.6 is 0 Å². The number of aliphatic hydroxyl groups excluding tert-OH is 1. The molecular formula is C9H11NO3. The van der Waals surface area contributed by atoms with Gasteiger partial charge in [-0.15, -0.1) is 0 Å².